The number of pyridine rings is 1. The van der Waals surface area contributed by atoms with E-state index in [1.165, 1.54) is 41.3 Å². The predicted octanol–water partition coefficient (Wildman–Crippen LogP) is 5.59. The van der Waals surface area contributed by atoms with Crippen molar-refractivity contribution < 1.29 is 9.90 Å². The molecule has 26 heavy (non-hydrogen) atoms. The number of aromatic nitrogens is 1. The molecule has 1 N–H and O–H groups in total. The highest BCUT2D eigenvalue weighted by Crippen LogP contribution is 2.47. The number of hydrogen-bond donors (Lipinski definition) is 1. The van der Waals surface area contributed by atoms with Gasteiger partial charge in [-0.3, -0.25) is 4.98 Å². The van der Waals surface area contributed by atoms with Gasteiger partial charge in [0.05, 0.1) is 5.56 Å². The minimum Gasteiger partial charge on any atom is -0.478 e. The second-order valence-electron chi connectivity index (χ2n) is 9.02. The summed E-state index contributed by atoms with van der Waals surface area (Å²) in [6.45, 7) is 13.7. The first kappa shape index (κ1) is 18.6. The molecule has 1 aliphatic rings. The molecule has 1 atom stereocenters. The molecule has 1 aliphatic carbocycles. The van der Waals surface area contributed by atoms with E-state index in [0.29, 0.717) is 0 Å². The fraction of sp³-hybridized carbons (Fsp3) is 0.478. The van der Waals surface area contributed by atoms with Crippen molar-refractivity contribution in [3.05, 3.63) is 64.0 Å². The van der Waals surface area contributed by atoms with E-state index in [0.717, 1.165) is 5.69 Å². The van der Waals surface area contributed by atoms with E-state index >= 15 is 0 Å². The van der Waals surface area contributed by atoms with Crippen molar-refractivity contribution in [2.75, 3.05) is 0 Å². The molecule has 0 spiro atoms. The Hall–Kier alpha value is -2.16. The molecule has 0 fully saturated rings. The van der Waals surface area contributed by atoms with Gasteiger partial charge in [0.2, 0.25) is 0 Å². The Morgan fingerprint density at radius 1 is 1.08 bits per heavy atom. The lowest BCUT2D eigenvalue weighted by Crippen LogP contribution is -2.34. The normalized spacial score (nSPS) is 18.8. The number of rotatable bonds is 3. The number of carbonyl (C=O) groups is 1. The molecule has 1 aromatic heterocycles. The van der Waals surface area contributed by atoms with Crippen LogP contribution >= 0.6 is 0 Å². The lowest BCUT2D eigenvalue weighted by Gasteiger charge is -2.42. The summed E-state index contributed by atoms with van der Waals surface area (Å²) in [7, 11) is 0. The average Bonchev–Trinajstić information content (AvgIpc) is 2.58. The minimum absolute atomic E-state index is 0.129. The van der Waals surface area contributed by atoms with E-state index < -0.39 is 5.97 Å². The van der Waals surface area contributed by atoms with E-state index in [4.69, 9.17) is 5.11 Å². The monoisotopic (exact) mass is 351 g/mol. The van der Waals surface area contributed by atoms with Crippen LogP contribution in [0.3, 0.4) is 0 Å². The van der Waals surface area contributed by atoms with Gasteiger partial charge in [0.15, 0.2) is 0 Å². The number of benzene rings is 1. The molecule has 0 saturated carbocycles. The van der Waals surface area contributed by atoms with Gasteiger partial charge >= 0.3 is 5.97 Å². The predicted molar refractivity (Wildman–Crippen MR) is 105 cm³/mol. The Labute approximate surface area is 156 Å². The quantitative estimate of drug-likeness (QED) is 0.784. The first-order valence-corrected chi connectivity index (χ1v) is 9.38. The molecule has 1 unspecified atom stereocenters. The molecule has 3 nitrogen and oxygen atoms in total. The van der Waals surface area contributed by atoms with Gasteiger partial charge in [-0.25, -0.2) is 4.79 Å². The van der Waals surface area contributed by atoms with Crippen molar-refractivity contribution in [3.63, 3.8) is 0 Å². The molecule has 0 aliphatic heterocycles. The average molecular weight is 351 g/mol. The smallest absolute Gasteiger partial charge is 0.337 e. The van der Waals surface area contributed by atoms with Gasteiger partial charge in [0.25, 0.3) is 0 Å². The van der Waals surface area contributed by atoms with E-state index in [9.17, 15) is 4.79 Å². The van der Waals surface area contributed by atoms with Gasteiger partial charge in [-0.05, 0) is 65.0 Å². The third-order valence-electron chi connectivity index (χ3n) is 6.18. The lowest BCUT2D eigenvalue weighted by molar-refractivity contribution is 0.0696. The first-order chi connectivity index (χ1) is 12.0. The zero-order valence-electron chi connectivity index (χ0n) is 16.7. The van der Waals surface area contributed by atoms with Gasteiger partial charge in [-0.15, -0.1) is 0 Å². The van der Waals surface area contributed by atoms with Crippen molar-refractivity contribution in [1.82, 2.24) is 4.98 Å². The van der Waals surface area contributed by atoms with Crippen LogP contribution in [0, 0.1) is 6.92 Å². The zero-order valence-corrected chi connectivity index (χ0v) is 16.7. The molecular weight excluding hydrogens is 322 g/mol. The summed E-state index contributed by atoms with van der Waals surface area (Å²) < 4.78 is 0. The second kappa shape index (κ2) is 6.22. The first-order valence-electron chi connectivity index (χ1n) is 9.38. The molecule has 1 heterocycles. The van der Waals surface area contributed by atoms with E-state index in [-0.39, 0.29) is 22.3 Å². The third kappa shape index (κ3) is 3.15. The molecule has 0 amide bonds. The molecule has 0 saturated heterocycles. The highest BCUT2D eigenvalue weighted by Gasteiger charge is 2.37. The second-order valence-corrected chi connectivity index (χ2v) is 9.02. The molecule has 138 valence electrons. The summed E-state index contributed by atoms with van der Waals surface area (Å²) in [6, 6.07) is 8.22. The number of carboxylic acid groups (broad SMARTS) is 1. The summed E-state index contributed by atoms with van der Waals surface area (Å²) in [5.74, 6) is -0.811. The largest absolute Gasteiger partial charge is 0.478 e. The Kier molecular flexibility index (Phi) is 4.46. The molecule has 3 heteroatoms. The maximum absolute atomic E-state index is 11.1. The topological polar surface area (TPSA) is 50.2 Å². The molecule has 2 aromatic rings. The van der Waals surface area contributed by atoms with Crippen molar-refractivity contribution in [2.45, 2.75) is 71.1 Å². The van der Waals surface area contributed by atoms with Gasteiger partial charge in [0.1, 0.15) is 0 Å². The number of aryl methyl sites for hydroxylation is 1. The van der Waals surface area contributed by atoms with E-state index in [2.05, 4.69) is 58.7 Å². The molecule has 0 radical (unpaired) electrons. The van der Waals surface area contributed by atoms with Crippen LogP contribution in [0.2, 0.25) is 0 Å². The number of fused-ring (bicyclic) bond motifs is 1. The van der Waals surface area contributed by atoms with Crippen LogP contribution < -0.4 is 0 Å². The van der Waals surface area contributed by atoms with Crippen LogP contribution in [0.4, 0.5) is 0 Å². The number of aromatic carboxylic acids is 1. The van der Waals surface area contributed by atoms with E-state index in [1.54, 1.807) is 6.07 Å². The summed E-state index contributed by atoms with van der Waals surface area (Å²) in [6.07, 6.45) is 3.85. The van der Waals surface area contributed by atoms with Crippen LogP contribution in [0.5, 0.6) is 0 Å². The van der Waals surface area contributed by atoms with Crippen LogP contribution in [-0.2, 0) is 10.8 Å². The van der Waals surface area contributed by atoms with Gasteiger partial charge in [-0.1, -0.05) is 46.8 Å². The maximum Gasteiger partial charge on any atom is 0.337 e. The highest BCUT2D eigenvalue weighted by atomic mass is 16.4. The number of nitrogens with zero attached hydrogens (tertiary/aromatic N) is 1. The molecule has 3 rings (SSSR count). The van der Waals surface area contributed by atoms with Crippen molar-refractivity contribution in [1.29, 1.82) is 0 Å². The van der Waals surface area contributed by atoms with Gasteiger partial charge in [-0.2, -0.15) is 0 Å². The van der Waals surface area contributed by atoms with Crippen LogP contribution in [-0.4, -0.2) is 16.1 Å². The minimum atomic E-state index is -0.939. The molecular formula is C23H29NO2. The number of carboxylic acids is 1. The van der Waals surface area contributed by atoms with Crippen LogP contribution in [0.15, 0.2) is 30.5 Å². The van der Waals surface area contributed by atoms with Crippen molar-refractivity contribution in [2.24, 2.45) is 0 Å². The summed E-state index contributed by atoms with van der Waals surface area (Å²) in [5.41, 5.74) is 7.00. The SMILES string of the molecule is Cc1cc2c(cc1C(C)c1ccc(C(=O)O)cn1)C(C)(C)CCC2(C)C. The fourth-order valence-electron chi connectivity index (χ4n) is 4.15. The summed E-state index contributed by atoms with van der Waals surface area (Å²) >= 11 is 0. The molecule has 0 bridgehead atoms. The Balaban J connectivity index is 2.07. The summed E-state index contributed by atoms with van der Waals surface area (Å²) in [4.78, 5) is 15.5. The molecule has 1 aromatic carbocycles. The van der Waals surface area contributed by atoms with Gasteiger partial charge in [0, 0.05) is 17.8 Å². The summed E-state index contributed by atoms with van der Waals surface area (Å²) in [5, 5.41) is 9.07. The van der Waals surface area contributed by atoms with Crippen LogP contribution in [0.1, 0.15) is 91.7 Å². The van der Waals surface area contributed by atoms with E-state index in [1.807, 2.05) is 6.07 Å². The highest BCUT2D eigenvalue weighted by molar-refractivity contribution is 5.87. The maximum atomic E-state index is 11.1. The van der Waals surface area contributed by atoms with Gasteiger partial charge < -0.3 is 5.11 Å². The Morgan fingerprint density at radius 2 is 1.65 bits per heavy atom. The third-order valence-corrected chi connectivity index (χ3v) is 6.18. The standard InChI is InChI=1S/C23H29NO2/c1-14-11-18-19(23(5,6)10-9-22(18,3)4)12-17(14)15(2)20-8-7-16(13-24-20)21(25)26/h7-8,11-13,15H,9-10H2,1-6H3,(H,25,26). The lowest BCUT2D eigenvalue weighted by atomic mass is 9.62. The van der Waals surface area contributed by atoms with Crippen molar-refractivity contribution >= 4 is 5.97 Å². The fourth-order valence-corrected chi connectivity index (χ4v) is 4.15. The Morgan fingerprint density at radius 3 is 2.15 bits per heavy atom. The van der Waals surface area contributed by atoms with Crippen molar-refractivity contribution in [3.8, 4) is 0 Å². The Bertz CT molecular complexity index is 847. The zero-order chi connectivity index (χ0) is 19.3. The van der Waals surface area contributed by atoms with Crippen LogP contribution in [0.25, 0.3) is 0 Å². The number of hydrogen-bond acceptors (Lipinski definition) is 2.